The number of nitrogens with one attached hydrogen (secondary N) is 2. The fraction of sp³-hybridized carbons (Fsp3) is 0.833. The topological polar surface area (TPSA) is 113 Å². The average molecular weight is 306 g/mol. The first kappa shape index (κ1) is 16.9. The monoisotopic (exact) mass is 306 g/mol. The summed E-state index contributed by atoms with van der Waals surface area (Å²) < 4.78 is 22.9. The van der Waals surface area contributed by atoms with Crippen molar-refractivity contribution in [3.8, 4) is 0 Å². The third-order valence-corrected chi connectivity index (χ3v) is 4.95. The largest absolute Gasteiger partial charge is 0.480 e. The van der Waals surface area contributed by atoms with E-state index >= 15 is 0 Å². The number of amides is 1. The summed E-state index contributed by atoms with van der Waals surface area (Å²) in [6.07, 6.45) is 1.93. The standard InChI is InChI=1S/C12H22N2O5S/c1-2-3-4-10(12(16)17)14-11(15)7-9-8-20(18,19)6-5-13-9/h9-10,13H,2-8H2,1H3,(H,14,15)(H,16,17)/t9?,10-/m0/s1. The lowest BCUT2D eigenvalue weighted by Gasteiger charge is -2.24. The SMILES string of the molecule is CCCC[C@H](NC(=O)CC1CS(=O)(=O)CCN1)C(=O)O. The first-order chi connectivity index (χ1) is 9.34. The van der Waals surface area contributed by atoms with Gasteiger partial charge in [0.1, 0.15) is 6.04 Å². The number of aliphatic carboxylic acids is 1. The van der Waals surface area contributed by atoms with Crippen LogP contribution in [0.25, 0.3) is 0 Å². The van der Waals surface area contributed by atoms with E-state index in [-0.39, 0.29) is 17.9 Å². The molecule has 7 nitrogen and oxygen atoms in total. The Hall–Kier alpha value is -1.15. The lowest BCUT2D eigenvalue weighted by Crippen LogP contribution is -2.49. The summed E-state index contributed by atoms with van der Waals surface area (Å²) in [4.78, 5) is 22.8. The zero-order valence-electron chi connectivity index (χ0n) is 11.6. The molecule has 0 bridgehead atoms. The van der Waals surface area contributed by atoms with Gasteiger partial charge in [-0.3, -0.25) is 4.79 Å². The summed E-state index contributed by atoms with van der Waals surface area (Å²) in [5, 5.41) is 14.4. The van der Waals surface area contributed by atoms with Gasteiger partial charge in [0.15, 0.2) is 9.84 Å². The van der Waals surface area contributed by atoms with Crippen LogP contribution in [-0.4, -0.2) is 55.5 Å². The minimum atomic E-state index is -3.10. The van der Waals surface area contributed by atoms with Crippen LogP contribution < -0.4 is 10.6 Å². The molecule has 20 heavy (non-hydrogen) atoms. The quantitative estimate of drug-likeness (QED) is 0.586. The molecular formula is C12H22N2O5S. The van der Waals surface area contributed by atoms with Crippen LogP contribution in [0.4, 0.5) is 0 Å². The number of hydrogen-bond acceptors (Lipinski definition) is 5. The molecule has 0 spiro atoms. The van der Waals surface area contributed by atoms with Crippen molar-refractivity contribution in [2.45, 2.75) is 44.7 Å². The van der Waals surface area contributed by atoms with Crippen molar-refractivity contribution < 1.29 is 23.1 Å². The maximum Gasteiger partial charge on any atom is 0.326 e. The Morgan fingerprint density at radius 1 is 1.45 bits per heavy atom. The van der Waals surface area contributed by atoms with Crippen molar-refractivity contribution in [1.82, 2.24) is 10.6 Å². The second kappa shape index (κ2) is 7.58. The Balaban J connectivity index is 2.47. The summed E-state index contributed by atoms with van der Waals surface area (Å²) in [5.41, 5.74) is 0. The lowest BCUT2D eigenvalue weighted by atomic mass is 10.1. The molecule has 0 aromatic rings. The van der Waals surface area contributed by atoms with E-state index in [9.17, 15) is 18.0 Å². The van der Waals surface area contributed by atoms with Crippen LogP contribution in [0.3, 0.4) is 0 Å². The van der Waals surface area contributed by atoms with Crippen LogP contribution in [0.1, 0.15) is 32.6 Å². The Morgan fingerprint density at radius 2 is 2.15 bits per heavy atom. The summed E-state index contributed by atoms with van der Waals surface area (Å²) in [6.45, 7) is 2.27. The van der Waals surface area contributed by atoms with Crippen LogP contribution in [0.5, 0.6) is 0 Å². The summed E-state index contributed by atoms with van der Waals surface area (Å²) in [6, 6.07) is -1.34. The Labute approximate surface area is 119 Å². The Kier molecular flexibility index (Phi) is 6.41. The van der Waals surface area contributed by atoms with Crippen LogP contribution >= 0.6 is 0 Å². The Bertz CT molecular complexity index is 449. The lowest BCUT2D eigenvalue weighted by molar-refractivity contribution is -0.142. The molecule has 2 atom stereocenters. The molecule has 1 aliphatic rings. The molecule has 1 rings (SSSR count). The summed E-state index contributed by atoms with van der Waals surface area (Å²) in [7, 11) is -3.10. The molecule has 1 heterocycles. The van der Waals surface area contributed by atoms with E-state index in [1.54, 1.807) is 0 Å². The highest BCUT2D eigenvalue weighted by Gasteiger charge is 2.27. The molecule has 0 aromatic carbocycles. The average Bonchev–Trinajstić information content (AvgIpc) is 2.32. The van der Waals surface area contributed by atoms with Crippen molar-refractivity contribution in [3.63, 3.8) is 0 Å². The molecule has 1 unspecified atom stereocenters. The molecule has 1 saturated heterocycles. The molecule has 116 valence electrons. The van der Waals surface area contributed by atoms with Gasteiger partial charge in [-0.05, 0) is 6.42 Å². The van der Waals surface area contributed by atoms with Gasteiger partial charge in [-0.2, -0.15) is 0 Å². The summed E-state index contributed by atoms with van der Waals surface area (Å²) in [5.74, 6) is -1.48. The third-order valence-electron chi connectivity index (χ3n) is 3.21. The van der Waals surface area contributed by atoms with Gasteiger partial charge in [0.2, 0.25) is 5.91 Å². The highest BCUT2D eigenvalue weighted by atomic mass is 32.2. The van der Waals surface area contributed by atoms with Crippen LogP contribution in [-0.2, 0) is 19.4 Å². The van der Waals surface area contributed by atoms with Crippen molar-refractivity contribution in [3.05, 3.63) is 0 Å². The maximum absolute atomic E-state index is 11.8. The van der Waals surface area contributed by atoms with Crippen molar-refractivity contribution in [2.24, 2.45) is 0 Å². The van der Waals surface area contributed by atoms with E-state index in [1.165, 1.54) is 0 Å². The molecule has 0 radical (unpaired) electrons. The van der Waals surface area contributed by atoms with E-state index < -0.39 is 33.8 Å². The van der Waals surface area contributed by atoms with E-state index in [0.717, 1.165) is 6.42 Å². The van der Waals surface area contributed by atoms with Crippen molar-refractivity contribution in [1.29, 1.82) is 0 Å². The molecule has 0 aromatic heterocycles. The fourth-order valence-corrected chi connectivity index (χ4v) is 3.59. The maximum atomic E-state index is 11.8. The zero-order valence-corrected chi connectivity index (χ0v) is 12.4. The predicted molar refractivity (Wildman–Crippen MR) is 74.2 cm³/mol. The fourth-order valence-electron chi connectivity index (χ4n) is 2.14. The normalized spacial score (nSPS) is 22.9. The van der Waals surface area contributed by atoms with Crippen LogP contribution in [0, 0.1) is 0 Å². The van der Waals surface area contributed by atoms with Crippen LogP contribution in [0.15, 0.2) is 0 Å². The molecule has 0 aliphatic carbocycles. The highest BCUT2D eigenvalue weighted by Crippen LogP contribution is 2.06. The second-order valence-electron chi connectivity index (χ2n) is 5.07. The minimum absolute atomic E-state index is 0.0187. The number of unbranched alkanes of at least 4 members (excludes halogenated alkanes) is 1. The number of carboxylic acids is 1. The summed E-state index contributed by atoms with van der Waals surface area (Å²) >= 11 is 0. The number of carbonyl (C=O) groups is 2. The first-order valence-electron chi connectivity index (χ1n) is 6.80. The molecule has 1 amide bonds. The number of carbonyl (C=O) groups excluding carboxylic acids is 1. The van der Waals surface area contributed by atoms with Crippen molar-refractivity contribution >= 4 is 21.7 Å². The third kappa shape index (κ3) is 5.87. The van der Waals surface area contributed by atoms with Gasteiger partial charge in [-0.1, -0.05) is 19.8 Å². The van der Waals surface area contributed by atoms with Gasteiger partial charge in [0.25, 0.3) is 0 Å². The molecular weight excluding hydrogens is 284 g/mol. The smallest absolute Gasteiger partial charge is 0.326 e. The van der Waals surface area contributed by atoms with E-state index in [4.69, 9.17) is 5.11 Å². The number of sulfone groups is 1. The zero-order chi connectivity index (χ0) is 15.2. The molecule has 3 N–H and O–H groups in total. The second-order valence-corrected chi connectivity index (χ2v) is 7.30. The number of rotatable bonds is 7. The number of hydrogen-bond donors (Lipinski definition) is 3. The van der Waals surface area contributed by atoms with Crippen molar-refractivity contribution in [2.75, 3.05) is 18.1 Å². The van der Waals surface area contributed by atoms with Gasteiger partial charge in [-0.25, -0.2) is 13.2 Å². The van der Waals surface area contributed by atoms with E-state index in [0.29, 0.717) is 19.4 Å². The van der Waals surface area contributed by atoms with Gasteiger partial charge in [0, 0.05) is 19.0 Å². The highest BCUT2D eigenvalue weighted by molar-refractivity contribution is 7.91. The minimum Gasteiger partial charge on any atom is -0.480 e. The molecule has 1 fully saturated rings. The molecule has 1 aliphatic heterocycles. The first-order valence-corrected chi connectivity index (χ1v) is 8.62. The number of carboxylic acid groups (broad SMARTS) is 1. The Morgan fingerprint density at radius 3 is 2.70 bits per heavy atom. The van der Waals surface area contributed by atoms with Gasteiger partial charge in [0.05, 0.1) is 11.5 Å². The van der Waals surface area contributed by atoms with Gasteiger partial charge < -0.3 is 15.7 Å². The predicted octanol–water partition coefficient (Wildman–Crippen LogP) is -0.477. The van der Waals surface area contributed by atoms with Crippen LogP contribution in [0.2, 0.25) is 0 Å². The van der Waals surface area contributed by atoms with E-state index in [1.807, 2.05) is 6.92 Å². The molecule has 8 heteroatoms. The van der Waals surface area contributed by atoms with Gasteiger partial charge >= 0.3 is 5.97 Å². The van der Waals surface area contributed by atoms with E-state index in [2.05, 4.69) is 10.6 Å². The molecule has 0 saturated carbocycles. The van der Waals surface area contributed by atoms with Gasteiger partial charge in [-0.15, -0.1) is 0 Å².